The van der Waals surface area contributed by atoms with E-state index in [1.165, 1.54) is 10.4 Å². The molecule has 1 unspecified atom stereocenters. The molecule has 0 aliphatic heterocycles. The molecule has 0 saturated carbocycles. The fourth-order valence-corrected chi connectivity index (χ4v) is 4.26. The zero-order valence-electron chi connectivity index (χ0n) is 16.0. The second-order valence-corrected chi connectivity index (χ2v) is 7.65. The molecular formula is C18H30IN5S2. The largest absolute Gasteiger partial charge is 0.354 e. The number of nitrogens with one attached hydrogen (secondary N) is 2. The summed E-state index contributed by atoms with van der Waals surface area (Å²) >= 11 is 3.51. The molecule has 0 radical (unpaired) electrons. The maximum Gasteiger partial charge on any atom is 0.191 e. The van der Waals surface area contributed by atoms with Gasteiger partial charge >= 0.3 is 0 Å². The summed E-state index contributed by atoms with van der Waals surface area (Å²) in [7, 11) is 1.81. The van der Waals surface area contributed by atoms with Crippen LogP contribution in [0.4, 0.5) is 0 Å². The van der Waals surface area contributed by atoms with Crippen molar-refractivity contribution >= 4 is 52.6 Å². The van der Waals surface area contributed by atoms with E-state index in [9.17, 15) is 0 Å². The quantitative estimate of drug-likeness (QED) is 0.305. The van der Waals surface area contributed by atoms with Gasteiger partial charge in [0.25, 0.3) is 0 Å². The third kappa shape index (κ3) is 6.79. The second kappa shape index (κ2) is 12.6. The molecule has 5 nitrogen and oxygen atoms in total. The summed E-state index contributed by atoms with van der Waals surface area (Å²) in [5.74, 6) is 0.820. The van der Waals surface area contributed by atoms with Gasteiger partial charge in [-0.15, -0.1) is 35.3 Å². The molecule has 2 aromatic heterocycles. The van der Waals surface area contributed by atoms with Gasteiger partial charge in [0.05, 0.1) is 12.6 Å². The number of hydrogen-bond acceptors (Lipinski definition) is 5. The topological polar surface area (TPSA) is 52.6 Å². The van der Waals surface area contributed by atoms with Crippen LogP contribution in [0.15, 0.2) is 28.0 Å². The van der Waals surface area contributed by atoms with Crippen molar-refractivity contribution in [2.45, 2.75) is 39.8 Å². The summed E-state index contributed by atoms with van der Waals surface area (Å²) < 4.78 is 0. The average molecular weight is 508 g/mol. The van der Waals surface area contributed by atoms with Crippen LogP contribution >= 0.6 is 46.7 Å². The van der Waals surface area contributed by atoms with Crippen molar-refractivity contribution in [2.75, 3.05) is 26.7 Å². The number of halogens is 1. The molecule has 1 atom stereocenters. The normalized spacial score (nSPS) is 12.7. The van der Waals surface area contributed by atoms with E-state index < -0.39 is 0 Å². The molecule has 0 fully saturated rings. The van der Waals surface area contributed by atoms with Gasteiger partial charge in [-0.2, -0.15) is 11.3 Å². The molecule has 2 rings (SSSR count). The highest BCUT2D eigenvalue weighted by Crippen LogP contribution is 2.22. The minimum Gasteiger partial charge on any atom is -0.354 e. The maximum atomic E-state index is 4.45. The van der Waals surface area contributed by atoms with E-state index in [0.29, 0.717) is 12.6 Å². The summed E-state index contributed by atoms with van der Waals surface area (Å²) in [5.41, 5.74) is 1.36. The van der Waals surface area contributed by atoms with E-state index in [0.717, 1.165) is 37.0 Å². The van der Waals surface area contributed by atoms with Crippen molar-refractivity contribution in [1.82, 2.24) is 20.5 Å². The molecule has 0 aromatic carbocycles. The lowest BCUT2D eigenvalue weighted by molar-refractivity contribution is 0.219. The van der Waals surface area contributed by atoms with E-state index in [1.807, 2.05) is 13.2 Å². The predicted molar refractivity (Wildman–Crippen MR) is 125 cm³/mol. The first-order chi connectivity index (χ1) is 12.2. The Morgan fingerprint density at radius 3 is 2.58 bits per heavy atom. The molecule has 0 bridgehead atoms. The van der Waals surface area contributed by atoms with Crippen LogP contribution in [0.25, 0.3) is 0 Å². The molecule has 0 amide bonds. The number of thiazole rings is 1. The number of nitrogens with zero attached hydrogens (tertiary/aromatic N) is 3. The van der Waals surface area contributed by atoms with Gasteiger partial charge in [0.15, 0.2) is 5.96 Å². The van der Waals surface area contributed by atoms with Crippen LogP contribution in [0.5, 0.6) is 0 Å². The van der Waals surface area contributed by atoms with Crippen LogP contribution in [-0.2, 0) is 13.0 Å². The van der Waals surface area contributed by atoms with Gasteiger partial charge in [-0.25, -0.2) is 4.98 Å². The number of rotatable bonds is 9. The van der Waals surface area contributed by atoms with Crippen LogP contribution in [0.2, 0.25) is 0 Å². The van der Waals surface area contributed by atoms with Gasteiger partial charge in [-0.1, -0.05) is 20.8 Å². The molecule has 26 heavy (non-hydrogen) atoms. The first kappa shape index (κ1) is 23.3. The molecule has 0 saturated heterocycles. The molecular weight excluding hydrogens is 477 g/mol. The van der Waals surface area contributed by atoms with E-state index in [4.69, 9.17) is 0 Å². The maximum absolute atomic E-state index is 4.45. The van der Waals surface area contributed by atoms with Crippen molar-refractivity contribution in [3.05, 3.63) is 38.5 Å². The molecule has 146 valence electrons. The molecule has 0 aliphatic carbocycles. The Morgan fingerprint density at radius 1 is 1.27 bits per heavy atom. The Hall–Kier alpha value is -0.710. The van der Waals surface area contributed by atoms with E-state index in [-0.39, 0.29) is 24.0 Å². The number of thiophene rings is 1. The highest BCUT2D eigenvalue weighted by molar-refractivity contribution is 14.0. The van der Waals surface area contributed by atoms with E-state index >= 15 is 0 Å². The fraction of sp³-hybridized carbons (Fsp3) is 0.556. The van der Waals surface area contributed by atoms with Crippen LogP contribution in [-0.4, -0.2) is 42.5 Å². The lowest BCUT2D eigenvalue weighted by Gasteiger charge is -2.30. The Bertz CT molecular complexity index is 638. The van der Waals surface area contributed by atoms with Crippen molar-refractivity contribution in [3.8, 4) is 0 Å². The molecule has 0 spiro atoms. The zero-order valence-corrected chi connectivity index (χ0v) is 20.0. The summed E-state index contributed by atoms with van der Waals surface area (Å²) in [6.07, 6.45) is 3.00. The Morgan fingerprint density at radius 2 is 2.04 bits per heavy atom. The Kier molecular flexibility index (Phi) is 11.3. The highest BCUT2D eigenvalue weighted by atomic mass is 127. The summed E-state index contributed by atoms with van der Waals surface area (Å²) in [6.45, 7) is 10.2. The zero-order chi connectivity index (χ0) is 18.1. The summed E-state index contributed by atoms with van der Waals surface area (Å²) in [6, 6.07) is 2.57. The van der Waals surface area contributed by atoms with Gasteiger partial charge in [-0.05, 0) is 41.9 Å². The SMILES string of the molecule is CCc1cnc(CNC(=NC)NCC(c2ccsc2)N(CC)CC)s1.I. The number of aromatic nitrogens is 1. The van der Waals surface area contributed by atoms with Gasteiger partial charge in [0.1, 0.15) is 5.01 Å². The lowest BCUT2D eigenvalue weighted by Crippen LogP contribution is -2.42. The van der Waals surface area contributed by atoms with Crippen LogP contribution in [0, 0.1) is 0 Å². The van der Waals surface area contributed by atoms with Gasteiger partial charge in [-0.3, -0.25) is 9.89 Å². The fourth-order valence-electron chi connectivity index (χ4n) is 2.75. The monoisotopic (exact) mass is 507 g/mol. The van der Waals surface area contributed by atoms with Gasteiger partial charge in [0, 0.05) is 24.7 Å². The summed E-state index contributed by atoms with van der Waals surface area (Å²) in [4.78, 5) is 12.6. The minimum absolute atomic E-state index is 0. The third-order valence-electron chi connectivity index (χ3n) is 4.22. The van der Waals surface area contributed by atoms with Crippen molar-refractivity contribution in [3.63, 3.8) is 0 Å². The van der Waals surface area contributed by atoms with Crippen LogP contribution in [0.1, 0.15) is 42.3 Å². The Balaban J connectivity index is 0.00000338. The van der Waals surface area contributed by atoms with Crippen LogP contribution in [0.3, 0.4) is 0 Å². The number of hydrogen-bond donors (Lipinski definition) is 2. The first-order valence-electron chi connectivity index (χ1n) is 8.85. The van der Waals surface area contributed by atoms with Crippen LogP contribution < -0.4 is 10.6 Å². The smallest absolute Gasteiger partial charge is 0.191 e. The molecule has 8 heteroatoms. The minimum atomic E-state index is 0. The predicted octanol–water partition coefficient (Wildman–Crippen LogP) is 4.13. The molecule has 2 aromatic rings. The average Bonchev–Trinajstić information content (AvgIpc) is 3.32. The highest BCUT2D eigenvalue weighted by Gasteiger charge is 2.18. The Labute approximate surface area is 182 Å². The third-order valence-corrected chi connectivity index (χ3v) is 6.07. The standard InChI is InChI=1S/C18H29N5S2.HI/c1-5-15-10-20-17(25-15)12-22-18(19-4)21-11-16(23(6-2)7-3)14-8-9-24-13-14;/h8-10,13,16H,5-7,11-12H2,1-4H3,(H2,19,21,22);1H. The lowest BCUT2D eigenvalue weighted by atomic mass is 10.1. The number of likely N-dealkylation sites (N-methyl/N-ethyl adjacent to an activating group) is 1. The van der Waals surface area contributed by atoms with E-state index in [1.54, 1.807) is 22.7 Å². The van der Waals surface area contributed by atoms with Crippen molar-refractivity contribution < 1.29 is 0 Å². The van der Waals surface area contributed by atoms with E-state index in [2.05, 4.69) is 63.1 Å². The first-order valence-corrected chi connectivity index (χ1v) is 10.6. The van der Waals surface area contributed by atoms with Gasteiger partial charge < -0.3 is 10.6 Å². The molecule has 2 heterocycles. The molecule has 2 N–H and O–H groups in total. The summed E-state index contributed by atoms with van der Waals surface area (Å²) in [5, 5.41) is 12.3. The second-order valence-electron chi connectivity index (χ2n) is 5.67. The molecule has 0 aliphatic rings. The number of aliphatic imine (C=N–C) groups is 1. The van der Waals surface area contributed by atoms with Crippen molar-refractivity contribution in [2.24, 2.45) is 4.99 Å². The van der Waals surface area contributed by atoms with Gasteiger partial charge in [0.2, 0.25) is 0 Å². The van der Waals surface area contributed by atoms with Crippen molar-refractivity contribution in [1.29, 1.82) is 0 Å². The number of guanidine groups is 1. The number of aryl methyl sites for hydroxylation is 1.